The molecule has 0 heterocycles. The van der Waals surface area contributed by atoms with Crippen molar-refractivity contribution >= 4 is 5.69 Å². The zero-order valence-electron chi connectivity index (χ0n) is 12.5. The Morgan fingerprint density at radius 1 is 1.30 bits per heavy atom. The largest absolute Gasteiger partial charge is 0.500 e. The smallest absolute Gasteiger partial charge is 0.314 e. The highest BCUT2D eigenvalue weighted by Crippen LogP contribution is 2.38. The van der Waals surface area contributed by atoms with Crippen LogP contribution in [0.2, 0.25) is 0 Å². The number of hydrogen-bond donors (Lipinski definition) is 3. The van der Waals surface area contributed by atoms with Crippen molar-refractivity contribution in [2.45, 2.75) is 18.6 Å². The van der Waals surface area contributed by atoms with E-state index >= 15 is 0 Å². The van der Waals surface area contributed by atoms with Gasteiger partial charge in [0.2, 0.25) is 5.75 Å². The highest BCUT2D eigenvalue weighted by atomic mass is 16.6. The van der Waals surface area contributed by atoms with E-state index in [0.717, 1.165) is 11.6 Å². The molecule has 0 fully saturated rings. The van der Waals surface area contributed by atoms with Crippen LogP contribution in [-0.2, 0) is 6.42 Å². The van der Waals surface area contributed by atoms with Crippen molar-refractivity contribution in [1.82, 2.24) is 0 Å². The van der Waals surface area contributed by atoms with Crippen molar-refractivity contribution in [1.29, 1.82) is 0 Å². The zero-order valence-corrected chi connectivity index (χ0v) is 12.5. The summed E-state index contributed by atoms with van der Waals surface area (Å²) in [6.07, 6.45) is -0.634. The number of nitrogens with zero attached hydrogens (tertiary/aromatic N) is 1. The normalized spacial score (nSPS) is 13.3. The van der Waals surface area contributed by atoms with Gasteiger partial charge >= 0.3 is 5.69 Å². The van der Waals surface area contributed by atoms with Gasteiger partial charge in [0.25, 0.3) is 0 Å². The topological polar surface area (TPSA) is 119 Å². The van der Waals surface area contributed by atoms with Gasteiger partial charge in [0, 0.05) is 12.5 Å². The number of nitro groups is 1. The van der Waals surface area contributed by atoms with Crippen molar-refractivity contribution in [3.05, 3.63) is 63.7 Å². The van der Waals surface area contributed by atoms with E-state index in [1.54, 1.807) is 0 Å². The maximum atomic E-state index is 11.0. The first-order valence-electron chi connectivity index (χ1n) is 6.97. The summed E-state index contributed by atoms with van der Waals surface area (Å²) in [5.74, 6) is -0.623. The Kier molecular flexibility index (Phi) is 5.15. The van der Waals surface area contributed by atoms with Crippen LogP contribution in [0.25, 0.3) is 0 Å². The van der Waals surface area contributed by atoms with Crippen molar-refractivity contribution < 1.29 is 19.9 Å². The summed E-state index contributed by atoms with van der Waals surface area (Å²) in [4.78, 5) is 10.3. The fourth-order valence-corrected chi connectivity index (χ4v) is 2.31. The molecule has 2 aromatic carbocycles. The maximum absolute atomic E-state index is 11.0. The summed E-state index contributed by atoms with van der Waals surface area (Å²) < 4.78 is 4.93. The third kappa shape index (κ3) is 3.77. The molecule has 2 aromatic rings. The monoisotopic (exact) mass is 318 g/mol. The number of hydrogen-bond acceptors (Lipinski definition) is 6. The van der Waals surface area contributed by atoms with Crippen LogP contribution in [0.3, 0.4) is 0 Å². The molecule has 2 atom stereocenters. The minimum atomic E-state index is -0.939. The molecule has 7 heteroatoms. The molecular weight excluding hydrogens is 300 g/mol. The van der Waals surface area contributed by atoms with E-state index in [1.807, 2.05) is 30.3 Å². The van der Waals surface area contributed by atoms with Gasteiger partial charge in [-0.2, -0.15) is 0 Å². The Bertz CT molecular complexity index is 690. The highest BCUT2D eigenvalue weighted by molar-refractivity contribution is 5.57. The van der Waals surface area contributed by atoms with E-state index < -0.39 is 28.5 Å². The van der Waals surface area contributed by atoms with Crippen LogP contribution in [0, 0.1) is 10.1 Å². The standard InChI is InChI=1S/C16H18N2O5/c1-23-14-9-11(8-12(16(14)20)18(21)22)15(17)13(19)7-10-5-3-2-4-6-10/h2-6,8-9,13,15,19-20H,7,17H2,1H3/t13-,15+/m0/s1. The van der Waals surface area contributed by atoms with Gasteiger partial charge in [-0.3, -0.25) is 10.1 Å². The Morgan fingerprint density at radius 3 is 2.52 bits per heavy atom. The van der Waals surface area contributed by atoms with Gasteiger partial charge in [0.1, 0.15) is 0 Å². The number of methoxy groups -OCH3 is 1. The molecule has 2 rings (SSSR count). The van der Waals surface area contributed by atoms with Crippen molar-refractivity contribution in [2.24, 2.45) is 5.73 Å². The molecule has 23 heavy (non-hydrogen) atoms. The van der Waals surface area contributed by atoms with Crippen LogP contribution in [0.1, 0.15) is 17.2 Å². The number of aromatic hydroxyl groups is 1. The lowest BCUT2D eigenvalue weighted by molar-refractivity contribution is -0.386. The quantitative estimate of drug-likeness (QED) is 0.553. The molecule has 0 aliphatic heterocycles. The Balaban J connectivity index is 2.29. The first kappa shape index (κ1) is 16.7. The van der Waals surface area contributed by atoms with E-state index in [4.69, 9.17) is 10.5 Å². The molecule has 0 saturated heterocycles. The maximum Gasteiger partial charge on any atom is 0.314 e. The summed E-state index contributed by atoms with van der Waals surface area (Å²) in [5, 5.41) is 31.1. The van der Waals surface area contributed by atoms with Crippen LogP contribution in [0.4, 0.5) is 5.69 Å². The molecule has 0 bridgehead atoms. The average molecular weight is 318 g/mol. The Hall–Kier alpha value is -2.64. The summed E-state index contributed by atoms with van der Waals surface area (Å²) >= 11 is 0. The van der Waals surface area contributed by atoms with Crippen LogP contribution in [0.5, 0.6) is 11.5 Å². The van der Waals surface area contributed by atoms with E-state index in [2.05, 4.69) is 0 Å². The number of phenols is 1. The second-order valence-electron chi connectivity index (χ2n) is 5.13. The number of aliphatic hydroxyl groups excluding tert-OH is 1. The van der Waals surface area contributed by atoms with Gasteiger partial charge < -0.3 is 20.7 Å². The highest BCUT2D eigenvalue weighted by Gasteiger charge is 2.25. The lowest BCUT2D eigenvalue weighted by atomic mass is 9.96. The molecule has 0 aromatic heterocycles. The molecule has 0 unspecified atom stereocenters. The van der Waals surface area contributed by atoms with Gasteiger partial charge in [-0.1, -0.05) is 30.3 Å². The average Bonchev–Trinajstić information content (AvgIpc) is 2.55. The van der Waals surface area contributed by atoms with Crippen molar-refractivity contribution in [2.75, 3.05) is 7.11 Å². The zero-order chi connectivity index (χ0) is 17.0. The number of benzene rings is 2. The minimum absolute atomic E-state index is 0.0587. The Morgan fingerprint density at radius 2 is 1.96 bits per heavy atom. The third-order valence-corrected chi connectivity index (χ3v) is 3.58. The Labute approximate surface area is 133 Å². The lowest BCUT2D eigenvalue weighted by Crippen LogP contribution is -2.28. The van der Waals surface area contributed by atoms with E-state index in [9.17, 15) is 20.3 Å². The van der Waals surface area contributed by atoms with Crippen LogP contribution in [0.15, 0.2) is 42.5 Å². The van der Waals surface area contributed by atoms with Crippen LogP contribution < -0.4 is 10.5 Å². The van der Waals surface area contributed by atoms with Crippen LogP contribution >= 0.6 is 0 Å². The number of phenolic OH excluding ortho intramolecular Hbond substituents is 1. The predicted octanol–water partition coefficient (Wildman–Crippen LogP) is 1.91. The van der Waals surface area contributed by atoms with Gasteiger partial charge in [-0.15, -0.1) is 0 Å². The molecule has 0 saturated carbocycles. The summed E-state index contributed by atoms with van der Waals surface area (Å²) in [7, 11) is 1.29. The number of nitro benzene ring substituents is 1. The van der Waals surface area contributed by atoms with Gasteiger partial charge in [0.15, 0.2) is 5.75 Å². The third-order valence-electron chi connectivity index (χ3n) is 3.58. The van der Waals surface area contributed by atoms with Crippen LogP contribution in [-0.4, -0.2) is 28.4 Å². The first-order chi connectivity index (χ1) is 10.9. The van der Waals surface area contributed by atoms with E-state index in [1.165, 1.54) is 13.2 Å². The molecule has 0 aliphatic carbocycles. The van der Waals surface area contributed by atoms with Crippen molar-refractivity contribution in [3.63, 3.8) is 0 Å². The molecule has 0 aliphatic rings. The van der Waals surface area contributed by atoms with Gasteiger partial charge in [0.05, 0.1) is 24.2 Å². The van der Waals surface area contributed by atoms with E-state index in [0.29, 0.717) is 12.0 Å². The summed E-state index contributed by atoms with van der Waals surface area (Å²) in [5.41, 5.74) is 6.72. The lowest BCUT2D eigenvalue weighted by Gasteiger charge is -2.20. The van der Waals surface area contributed by atoms with E-state index in [-0.39, 0.29) is 5.75 Å². The fraction of sp³-hybridized carbons (Fsp3) is 0.250. The van der Waals surface area contributed by atoms with Crippen molar-refractivity contribution in [3.8, 4) is 11.5 Å². The van der Waals surface area contributed by atoms with Gasteiger partial charge in [-0.25, -0.2) is 0 Å². The minimum Gasteiger partial charge on any atom is -0.500 e. The summed E-state index contributed by atoms with van der Waals surface area (Å²) in [6.45, 7) is 0. The fourth-order valence-electron chi connectivity index (χ4n) is 2.31. The second kappa shape index (κ2) is 7.08. The molecule has 0 spiro atoms. The second-order valence-corrected chi connectivity index (χ2v) is 5.13. The molecule has 7 nitrogen and oxygen atoms in total. The molecule has 0 amide bonds. The first-order valence-corrected chi connectivity index (χ1v) is 6.97. The summed E-state index contributed by atoms with van der Waals surface area (Å²) in [6, 6.07) is 11.0. The molecular formula is C16H18N2O5. The number of nitrogens with two attached hydrogens (primary N) is 1. The number of ether oxygens (including phenoxy) is 1. The predicted molar refractivity (Wildman–Crippen MR) is 84.4 cm³/mol. The SMILES string of the molecule is COc1cc([C@@H](N)[C@@H](O)Cc2ccccc2)cc([N+](=O)[O-])c1O. The number of rotatable bonds is 6. The molecule has 0 radical (unpaired) electrons. The van der Waals surface area contributed by atoms with Gasteiger partial charge in [-0.05, 0) is 17.2 Å². The number of aliphatic hydroxyl groups is 1. The molecule has 4 N–H and O–H groups in total. The molecule has 122 valence electrons.